The van der Waals surface area contributed by atoms with Gasteiger partial charge in [-0.25, -0.2) is 4.98 Å². The monoisotopic (exact) mass is 482 g/mol. The first kappa shape index (κ1) is 24.9. The number of anilines is 2. The molecule has 10 nitrogen and oxygen atoms in total. The molecule has 3 heterocycles. The van der Waals surface area contributed by atoms with Gasteiger partial charge in [-0.15, -0.1) is 0 Å². The maximum absolute atomic E-state index is 13.5. The Bertz CT molecular complexity index is 1050. The summed E-state index contributed by atoms with van der Waals surface area (Å²) in [5.74, 6) is 1.52. The van der Waals surface area contributed by atoms with Crippen molar-refractivity contribution >= 4 is 23.6 Å². The maximum Gasteiger partial charge on any atom is 0.272 e. The van der Waals surface area contributed by atoms with Crippen molar-refractivity contribution < 1.29 is 9.59 Å². The molecule has 2 aromatic heterocycles. The van der Waals surface area contributed by atoms with Crippen LogP contribution >= 0.6 is 0 Å². The summed E-state index contributed by atoms with van der Waals surface area (Å²) in [6, 6.07) is 1.92. The molecule has 0 saturated heterocycles. The summed E-state index contributed by atoms with van der Waals surface area (Å²) >= 11 is 0. The van der Waals surface area contributed by atoms with Crippen molar-refractivity contribution in [2.45, 2.75) is 64.8 Å². The van der Waals surface area contributed by atoms with Gasteiger partial charge in [-0.1, -0.05) is 13.8 Å². The van der Waals surface area contributed by atoms with Gasteiger partial charge < -0.3 is 20.9 Å². The minimum atomic E-state index is -0.143. The number of aromatic nitrogens is 4. The van der Waals surface area contributed by atoms with E-state index >= 15 is 0 Å². The molecule has 35 heavy (non-hydrogen) atoms. The third kappa shape index (κ3) is 5.91. The summed E-state index contributed by atoms with van der Waals surface area (Å²) in [6.07, 6.45) is 6.95. The molecule has 2 aromatic rings. The van der Waals surface area contributed by atoms with E-state index < -0.39 is 0 Å². The molecule has 1 atom stereocenters. The number of carbonyl (C=O) groups excluding carboxylic acids is 2. The molecule has 1 unspecified atom stereocenters. The van der Waals surface area contributed by atoms with Gasteiger partial charge in [0.25, 0.3) is 5.91 Å². The van der Waals surface area contributed by atoms with E-state index in [9.17, 15) is 9.59 Å². The lowest BCUT2D eigenvalue weighted by atomic mass is 9.89. The lowest BCUT2D eigenvalue weighted by Crippen LogP contribution is -2.44. The van der Waals surface area contributed by atoms with Crippen molar-refractivity contribution in [1.29, 1.82) is 0 Å². The van der Waals surface area contributed by atoms with E-state index in [-0.39, 0.29) is 23.8 Å². The SMILES string of the molecule is CC(C)CCN1C(=O)CCCN(c2ccnc(N)n2)CCCNC(=O)c2nn(C)c3c2CC1CC3. The lowest BCUT2D eigenvalue weighted by Gasteiger charge is -2.35. The standard InChI is InChI=1S/C25H38N8O2/c1-17(2)10-15-33-18-7-8-20-19(16-18)23(30-31(20)3)24(35)27-11-5-14-32(13-4-6-22(33)34)21-9-12-28-25(26)29-21/h9,12,17-18H,4-8,10-11,13-16H2,1-3H3,(H,27,35)(H2,26,28,29). The van der Waals surface area contributed by atoms with E-state index in [0.29, 0.717) is 44.1 Å². The predicted octanol–water partition coefficient (Wildman–Crippen LogP) is 1.94. The molecule has 4 rings (SSSR count). The Labute approximate surface area is 207 Å². The van der Waals surface area contributed by atoms with E-state index in [1.807, 2.05) is 17.8 Å². The minimum absolute atomic E-state index is 0.0902. The molecular weight excluding hydrogens is 444 g/mol. The molecule has 2 aliphatic rings. The highest BCUT2D eigenvalue weighted by Gasteiger charge is 2.33. The third-order valence-corrected chi connectivity index (χ3v) is 7.05. The summed E-state index contributed by atoms with van der Waals surface area (Å²) in [5.41, 5.74) is 8.42. The van der Waals surface area contributed by atoms with Crippen LogP contribution in [0, 0.1) is 5.92 Å². The Hall–Kier alpha value is -3.17. The molecule has 3 N–H and O–H groups in total. The first-order valence-electron chi connectivity index (χ1n) is 12.8. The number of rotatable bonds is 4. The number of nitrogens with zero attached hydrogens (tertiary/aromatic N) is 6. The number of carbonyl (C=O) groups is 2. The zero-order chi connectivity index (χ0) is 24.9. The van der Waals surface area contributed by atoms with Crippen LogP contribution in [0.2, 0.25) is 0 Å². The Morgan fingerprint density at radius 2 is 2.00 bits per heavy atom. The summed E-state index contributed by atoms with van der Waals surface area (Å²) in [5, 5.41) is 7.62. The molecule has 10 heteroatoms. The molecular formula is C25H38N8O2. The zero-order valence-corrected chi connectivity index (χ0v) is 21.2. The number of aryl methyl sites for hydroxylation is 1. The van der Waals surface area contributed by atoms with E-state index in [1.54, 1.807) is 6.20 Å². The van der Waals surface area contributed by atoms with Crippen LogP contribution < -0.4 is 16.0 Å². The number of fused-ring (bicyclic) bond motifs is 1. The van der Waals surface area contributed by atoms with Gasteiger partial charge in [0.1, 0.15) is 5.82 Å². The smallest absolute Gasteiger partial charge is 0.272 e. The molecule has 1 aliphatic carbocycles. The zero-order valence-electron chi connectivity index (χ0n) is 21.2. The van der Waals surface area contributed by atoms with Crippen molar-refractivity contribution in [1.82, 2.24) is 30.0 Å². The Kier molecular flexibility index (Phi) is 7.87. The van der Waals surface area contributed by atoms with E-state index in [2.05, 4.69) is 44.0 Å². The summed E-state index contributed by atoms with van der Waals surface area (Å²) in [4.78, 5) is 39.1. The average molecular weight is 483 g/mol. The average Bonchev–Trinajstić information content (AvgIpc) is 3.15. The van der Waals surface area contributed by atoms with Gasteiger partial charge in [0.2, 0.25) is 11.9 Å². The third-order valence-electron chi connectivity index (χ3n) is 7.05. The van der Waals surface area contributed by atoms with Gasteiger partial charge in [0.15, 0.2) is 5.69 Å². The Balaban J connectivity index is 1.60. The second-order valence-corrected chi connectivity index (χ2v) is 10.0. The van der Waals surface area contributed by atoms with Gasteiger partial charge in [-0.3, -0.25) is 14.3 Å². The van der Waals surface area contributed by atoms with Gasteiger partial charge in [0, 0.05) is 63.1 Å². The molecule has 0 spiro atoms. The predicted molar refractivity (Wildman–Crippen MR) is 135 cm³/mol. The molecule has 0 aromatic carbocycles. The van der Waals surface area contributed by atoms with E-state index in [4.69, 9.17) is 5.73 Å². The minimum Gasteiger partial charge on any atom is -0.368 e. The van der Waals surface area contributed by atoms with Crippen molar-refractivity contribution in [3.63, 3.8) is 0 Å². The number of nitrogens with one attached hydrogen (secondary N) is 1. The lowest BCUT2D eigenvalue weighted by molar-refractivity contribution is -0.134. The van der Waals surface area contributed by atoms with Crippen LogP contribution in [0.25, 0.3) is 0 Å². The molecule has 190 valence electrons. The largest absolute Gasteiger partial charge is 0.368 e. The second kappa shape index (κ2) is 11.0. The highest BCUT2D eigenvalue weighted by atomic mass is 16.2. The molecule has 1 aliphatic heterocycles. The Morgan fingerprint density at radius 3 is 2.77 bits per heavy atom. The molecule has 0 radical (unpaired) electrons. The van der Waals surface area contributed by atoms with Crippen LogP contribution in [0.4, 0.5) is 11.8 Å². The van der Waals surface area contributed by atoms with Gasteiger partial charge in [-0.05, 0) is 50.5 Å². The highest BCUT2D eigenvalue weighted by molar-refractivity contribution is 5.94. The molecule has 0 fully saturated rings. The van der Waals surface area contributed by atoms with E-state index in [0.717, 1.165) is 55.7 Å². The van der Waals surface area contributed by atoms with E-state index in [1.165, 1.54) is 0 Å². The maximum atomic E-state index is 13.5. The molecule has 2 amide bonds. The number of hydrogen-bond acceptors (Lipinski definition) is 7. The van der Waals surface area contributed by atoms with Crippen molar-refractivity contribution in [3.8, 4) is 0 Å². The fraction of sp³-hybridized carbons (Fsp3) is 0.640. The molecule has 2 bridgehead atoms. The number of nitrogen functional groups attached to an aromatic ring is 1. The van der Waals surface area contributed by atoms with Crippen molar-refractivity contribution in [2.24, 2.45) is 13.0 Å². The topological polar surface area (TPSA) is 122 Å². The molecule has 0 saturated carbocycles. The van der Waals surface area contributed by atoms with Gasteiger partial charge in [0.05, 0.1) is 0 Å². The summed E-state index contributed by atoms with van der Waals surface area (Å²) < 4.78 is 1.84. The second-order valence-electron chi connectivity index (χ2n) is 10.0. The fourth-order valence-corrected chi connectivity index (χ4v) is 5.13. The first-order chi connectivity index (χ1) is 16.8. The number of amides is 2. The summed E-state index contributed by atoms with van der Waals surface area (Å²) in [7, 11) is 1.90. The van der Waals surface area contributed by atoms with Gasteiger partial charge in [-0.2, -0.15) is 10.1 Å². The van der Waals surface area contributed by atoms with Crippen LogP contribution in [0.3, 0.4) is 0 Å². The van der Waals surface area contributed by atoms with Crippen LogP contribution in [-0.2, 0) is 24.7 Å². The summed E-state index contributed by atoms with van der Waals surface area (Å²) in [6.45, 7) is 7.02. The number of hydrogen-bond donors (Lipinski definition) is 2. The van der Waals surface area contributed by atoms with Crippen LogP contribution in [0.1, 0.15) is 67.7 Å². The van der Waals surface area contributed by atoms with Crippen LogP contribution in [0.5, 0.6) is 0 Å². The first-order valence-corrected chi connectivity index (χ1v) is 12.8. The quantitative estimate of drug-likeness (QED) is 0.683. The fourth-order valence-electron chi connectivity index (χ4n) is 5.13. The Morgan fingerprint density at radius 1 is 1.20 bits per heavy atom. The normalized spacial score (nSPS) is 19.9. The van der Waals surface area contributed by atoms with Gasteiger partial charge >= 0.3 is 0 Å². The highest BCUT2D eigenvalue weighted by Crippen LogP contribution is 2.28. The number of nitrogens with two attached hydrogens (primary N) is 1. The van der Waals surface area contributed by atoms with Crippen molar-refractivity contribution in [3.05, 3.63) is 29.2 Å². The van der Waals surface area contributed by atoms with Crippen molar-refractivity contribution in [2.75, 3.05) is 36.8 Å². The van der Waals surface area contributed by atoms with Crippen LogP contribution in [-0.4, -0.2) is 68.7 Å². The van der Waals surface area contributed by atoms with Crippen LogP contribution in [0.15, 0.2) is 12.3 Å².